The highest BCUT2D eigenvalue weighted by atomic mass is 32.2. The van der Waals surface area contributed by atoms with Gasteiger partial charge in [0, 0.05) is 22.8 Å². The lowest BCUT2D eigenvalue weighted by molar-refractivity contribution is 0.0690. The third-order valence-corrected chi connectivity index (χ3v) is 6.14. The number of aromatic nitrogens is 2. The minimum absolute atomic E-state index is 0.117. The standard InChI is InChI=1S/C19H14N2O4S2/c1-27(24,25)14-9-7-13(8-10-14)17-16(12-5-3-2-4-6-12)20-19-21(17)15(11-26-19)18(22)23/h2-11H,1H3,(H,22,23). The van der Waals surface area contributed by atoms with Crippen molar-refractivity contribution in [2.24, 2.45) is 0 Å². The lowest BCUT2D eigenvalue weighted by Gasteiger charge is -2.07. The first-order chi connectivity index (χ1) is 12.9. The number of carbonyl (C=O) groups is 1. The summed E-state index contributed by atoms with van der Waals surface area (Å²) in [6.45, 7) is 0. The number of nitrogens with zero attached hydrogens (tertiary/aromatic N) is 2. The van der Waals surface area contributed by atoms with Gasteiger partial charge < -0.3 is 5.11 Å². The van der Waals surface area contributed by atoms with E-state index in [0.717, 1.165) is 11.8 Å². The van der Waals surface area contributed by atoms with Crippen LogP contribution < -0.4 is 0 Å². The number of imidazole rings is 1. The first kappa shape index (κ1) is 17.4. The molecular weight excluding hydrogens is 384 g/mol. The Morgan fingerprint density at radius 2 is 1.70 bits per heavy atom. The molecule has 2 aromatic carbocycles. The van der Waals surface area contributed by atoms with E-state index >= 15 is 0 Å². The average molecular weight is 398 g/mol. The second kappa shape index (κ2) is 6.33. The summed E-state index contributed by atoms with van der Waals surface area (Å²) in [4.78, 5) is 17.1. The number of carboxylic acids is 1. The van der Waals surface area contributed by atoms with Gasteiger partial charge in [-0.25, -0.2) is 18.2 Å². The summed E-state index contributed by atoms with van der Waals surface area (Å²) in [5, 5.41) is 11.1. The van der Waals surface area contributed by atoms with Crippen molar-refractivity contribution in [2.75, 3.05) is 6.26 Å². The maximum Gasteiger partial charge on any atom is 0.353 e. The van der Waals surface area contributed by atoms with Crippen molar-refractivity contribution >= 4 is 32.1 Å². The number of benzene rings is 2. The molecule has 0 aliphatic heterocycles. The van der Waals surface area contributed by atoms with Crippen molar-refractivity contribution in [3.05, 3.63) is 65.7 Å². The molecule has 0 atom stereocenters. The Morgan fingerprint density at radius 3 is 2.30 bits per heavy atom. The minimum atomic E-state index is -3.32. The number of rotatable bonds is 4. The number of fused-ring (bicyclic) bond motifs is 1. The van der Waals surface area contributed by atoms with Crippen molar-refractivity contribution in [3.63, 3.8) is 0 Å². The van der Waals surface area contributed by atoms with Crippen molar-refractivity contribution in [1.29, 1.82) is 0 Å². The highest BCUT2D eigenvalue weighted by Crippen LogP contribution is 2.36. The van der Waals surface area contributed by atoms with Crippen molar-refractivity contribution in [1.82, 2.24) is 9.38 Å². The Labute approximate surface area is 159 Å². The first-order valence-electron chi connectivity index (χ1n) is 7.95. The molecule has 0 aliphatic rings. The van der Waals surface area contributed by atoms with E-state index in [1.807, 2.05) is 30.3 Å². The van der Waals surface area contributed by atoms with Crippen LogP contribution in [0.4, 0.5) is 0 Å². The van der Waals surface area contributed by atoms with E-state index in [9.17, 15) is 18.3 Å². The monoisotopic (exact) mass is 398 g/mol. The predicted octanol–water partition coefficient (Wildman–Crippen LogP) is 3.83. The van der Waals surface area contributed by atoms with Gasteiger partial charge in [0.15, 0.2) is 14.8 Å². The van der Waals surface area contributed by atoms with Gasteiger partial charge in [-0.1, -0.05) is 42.5 Å². The van der Waals surface area contributed by atoms with Crippen LogP contribution in [0.2, 0.25) is 0 Å². The SMILES string of the molecule is CS(=O)(=O)c1ccc(-c2c(-c3ccccc3)nc3scc(C(=O)O)n23)cc1. The van der Waals surface area contributed by atoms with E-state index in [1.54, 1.807) is 21.9 Å². The zero-order valence-corrected chi connectivity index (χ0v) is 15.8. The number of thiazole rings is 1. The Bertz CT molecular complexity index is 1250. The van der Waals surface area contributed by atoms with Crippen LogP contribution in [-0.2, 0) is 9.84 Å². The van der Waals surface area contributed by atoms with Gasteiger partial charge in [0.2, 0.25) is 0 Å². The van der Waals surface area contributed by atoms with E-state index < -0.39 is 15.8 Å². The van der Waals surface area contributed by atoms with Crippen LogP contribution in [0, 0.1) is 0 Å². The number of hydrogen-bond acceptors (Lipinski definition) is 5. The van der Waals surface area contributed by atoms with E-state index in [2.05, 4.69) is 4.98 Å². The molecule has 0 radical (unpaired) electrons. The van der Waals surface area contributed by atoms with Gasteiger partial charge in [0.25, 0.3) is 0 Å². The molecule has 2 heterocycles. The van der Waals surface area contributed by atoms with Crippen molar-refractivity contribution < 1.29 is 18.3 Å². The molecule has 6 nitrogen and oxygen atoms in total. The Balaban J connectivity index is 2.02. The van der Waals surface area contributed by atoms with Crippen LogP contribution >= 0.6 is 11.3 Å². The molecule has 4 aromatic rings. The van der Waals surface area contributed by atoms with Gasteiger partial charge in [-0.2, -0.15) is 0 Å². The van der Waals surface area contributed by atoms with Crippen LogP contribution in [0.5, 0.6) is 0 Å². The molecule has 0 amide bonds. The van der Waals surface area contributed by atoms with Crippen LogP contribution in [0.1, 0.15) is 10.5 Å². The predicted molar refractivity (Wildman–Crippen MR) is 104 cm³/mol. The molecule has 8 heteroatoms. The summed E-state index contributed by atoms with van der Waals surface area (Å²) in [5.74, 6) is -1.05. The molecule has 0 aliphatic carbocycles. The minimum Gasteiger partial charge on any atom is -0.477 e. The number of aromatic carboxylic acids is 1. The van der Waals surface area contributed by atoms with Gasteiger partial charge in [-0.05, 0) is 12.1 Å². The van der Waals surface area contributed by atoms with Crippen molar-refractivity contribution in [3.8, 4) is 22.5 Å². The third kappa shape index (κ3) is 3.02. The lowest BCUT2D eigenvalue weighted by Crippen LogP contribution is -2.02. The fourth-order valence-corrected chi connectivity index (χ4v) is 4.43. The van der Waals surface area contributed by atoms with E-state index in [1.165, 1.54) is 23.5 Å². The summed E-state index contributed by atoms with van der Waals surface area (Å²) in [6.07, 6.45) is 1.15. The van der Waals surface area contributed by atoms with E-state index in [0.29, 0.717) is 21.9 Å². The summed E-state index contributed by atoms with van der Waals surface area (Å²) < 4.78 is 25.1. The Morgan fingerprint density at radius 1 is 1.04 bits per heavy atom. The average Bonchev–Trinajstić information content (AvgIpc) is 3.21. The Kier molecular flexibility index (Phi) is 4.09. The molecule has 0 saturated heterocycles. The second-order valence-electron chi connectivity index (χ2n) is 6.02. The molecule has 27 heavy (non-hydrogen) atoms. The van der Waals surface area contributed by atoms with Gasteiger partial charge in [-0.15, -0.1) is 11.3 Å². The molecule has 136 valence electrons. The third-order valence-electron chi connectivity index (χ3n) is 4.19. The summed E-state index contributed by atoms with van der Waals surface area (Å²) >= 11 is 1.25. The zero-order valence-electron chi connectivity index (χ0n) is 14.2. The largest absolute Gasteiger partial charge is 0.477 e. The molecular formula is C19H14N2O4S2. The molecule has 0 fully saturated rings. The highest BCUT2D eigenvalue weighted by Gasteiger charge is 2.22. The normalized spacial score (nSPS) is 11.7. The number of carboxylic acid groups (broad SMARTS) is 1. The topological polar surface area (TPSA) is 88.7 Å². The highest BCUT2D eigenvalue weighted by molar-refractivity contribution is 7.90. The molecule has 0 bridgehead atoms. The van der Waals surface area contributed by atoms with Crippen LogP contribution in [0.25, 0.3) is 27.5 Å². The van der Waals surface area contributed by atoms with E-state index in [4.69, 9.17) is 0 Å². The molecule has 0 unspecified atom stereocenters. The van der Waals surface area contributed by atoms with Crippen LogP contribution in [0.15, 0.2) is 64.9 Å². The maximum absolute atomic E-state index is 11.7. The Hall–Kier alpha value is -2.97. The summed E-state index contributed by atoms with van der Waals surface area (Å²) in [5.41, 5.74) is 2.93. The smallest absolute Gasteiger partial charge is 0.353 e. The van der Waals surface area contributed by atoms with Crippen molar-refractivity contribution in [2.45, 2.75) is 4.90 Å². The molecule has 0 spiro atoms. The van der Waals surface area contributed by atoms with E-state index in [-0.39, 0.29) is 10.6 Å². The van der Waals surface area contributed by atoms with Gasteiger partial charge in [-0.3, -0.25) is 4.40 Å². The summed E-state index contributed by atoms with van der Waals surface area (Å²) in [7, 11) is -3.32. The first-order valence-corrected chi connectivity index (χ1v) is 10.7. The maximum atomic E-state index is 11.7. The van der Waals surface area contributed by atoms with Crippen LogP contribution in [-0.4, -0.2) is 35.1 Å². The summed E-state index contributed by atoms with van der Waals surface area (Å²) in [6, 6.07) is 15.9. The quantitative estimate of drug-likeness (QED) is 0.564. The fourth-order valence-electron chi connectivity index (χ4n) is 2.93. The van der Waals surface area contributed by atoms with Gasteiger partial charge in [0.05, 0.1) is 16.3 Å². The fraction of sp³-hybridized carbons (Fsp3) is 0.0526. The molecule has 0 saturated carbocycles. The lowest BCUT2D eigenvalue weighted by atomic mass is 10.0. The van der Waals surface area contributed by atoms with Crippen LogP contribution in [0.3, 0.4) is 0 Å². The molecule has 4 rings (SSSR count). The zero-order chi connectivity index (χ0) is 19.2. The second-order valence-corrected chi connectivity index (χ2v) is 8.87. The molecule has 1 N–H and O–H groups in total. The van der Waals surface area contributed by atoms with Gasteiger partial charge in [0.1, 0.15) is 5.69 Å². The number of sulfone groups is 1. The molecule has 2 aromatic heterocycles. The van der Waals surface area contributed by atoms with Gasteiger partial charge >= 0.3 is 5.97 Å². The number of hydrogen-bond donors (Lipinski definition) is 1.